The summed E-state index contributed by atoms with van der Waals surface area (Å²) in [6.45, 7) is 6.07. The monoisotopic (exact) mass is 359 g/mol. The highest BCUT2D eigenvalue weighted by molar-refractivity contribution is 7.71. The van der Waals surface area contributed by atoms with Gasteiger partial charge in [0, 0.05) is 15.3 Å². The first-order valence-corrected chi connectivity index (χ1v) is 8.72. The zero-order valence-corrected chi connectivity index (χ0v) is 15.2. The smallest absolute Gasteiger partial charge is 0.259 e. The van der Waals surface area contributed by atoms with Gasteiger partial charge in [-0.3, -0.25) is 14.6 Å². The molecule has 0 spiro atoms. The Hall–Kier alpha value is -2.25. The molecule has 0 fully saturated rings. The Labute approximate surface area is 147 Å². The third-order valence-corrected chi connectivity index (χ3v) is 5.08. The van der Waals surface area contributed by atoms with Gasteiger partial charge in [-0.25, -0.2) is 0 Å². The van der Waals surface area contributed by atoms with Gasteiger partial charge in [-0.15, -0.1) is 11.3 Å². The van der Waals surface area contributed by atoms with Crippen LogP contribution in [0.2, 0.25) is 0 Å². The molecule has 3 aromatic rings. The van der Waals surface area contributed by atoms with E-state index in [2.05, 4.69) is 35.2 Å². The minimum atomic E-state index is -0.265. The molecule has 124 valence electrons. The van der Waals surface area contributed by atoms with Gasteiger partial charge >= 0.3 is 0 Å². The maximum Gasteiger partial charge on any atom is 0.259 e. The quantitative estimate of drug-likeness (QED) is 0.623. The van der Waals surface area contributed by atoms with Crippen molar-refractivity contribution < 1.29 is 4.79 Å². The maximum atomic E-state index is 12.5. The largest absolute Gasteiger partial charge is 0.345 e. The predicted molar refractivity (Wildman–Crippen MR) is 99.4 cm³/mol. The molecule has 7 heteroatoms. The van der Waals surface area contributed by atoms with Crippen molar-refractivity contribution in [1.29, 1.82) is 0 Å². The third kappa shape index (κ3) is 3.18. The van der Waals surface area contributed by atoms with Crippen molar-refractivity contribution in [1.82, 2.24) is 15.3 Å². The average molecular weight is 359 g/mol. The molecule has 0 aliphatic heterocycles. The van der Waals surface area contributed by atoms with E-state index in [9.17, 15) is 9.59 Å². The highest BCUT2D eigenvalue weighted by Gasteiger charge is 2.15. The van der Waals surface area contributed by atoms with E-state index in [4.69, 9.17) is 12.2 Å². The Balaban J connectivity index is 1.90. The molecule has 0 bridgehead atoms. The third-order valence-electron chi connectivity index (χ3n) is 3.90. The van der Waals surface area contributed by atoms with Crippen molar-refractivity contribution in [2.75, 3.05) is 0 Å². The number of carbonyl (C=O) groups is 1. The van der Waals surface area contributed by atoms with Crippen molar-refractivity contribution in [3.8, 4) is 0 Å². The number of aryl methyl sites for hydroxylation is 2. The van der Waals surface area contributed by atoms with Gasteiger partial charge in [0.2, 0.25) is 0 Å². The van der Waals surface area contributed by atoms with Crippen LogP contribution < -0.4 is 10.9 Å². The van der Waals surface area contributed by atoms with Crippen molar-refractivity contribution in [2.24, 2.45) is 0 Å². The van der Waals surface area contributed by atoms with Crippen LogP contribution in [0.5, 0.6) is 0 Å². The van der Waals surface area contributed by atoms with Crippen molar-refractivity contribution >= 4 is 40.4 Å². The lowest BCUT2D eigenvalue weighted by atomic mass is 10.1. The van der Waals surface area contributed by atoms with E-state index in [1.807, 2.05) is 6.92 Å². The first-order valence-electron chi connectivity index (χ1n) is 7.49. The topological polar surface area (TPSA) is 77.8 Å². The molecule has 24 heavy (non-hydrogen) atoms. The number of thiophene rings is 1. The number of benzene rings is 1. The molecule has 0 aliphatic rings. The Kier molecular flexibility index (Phi) is 4.38. The molecule has 2 aromatic heterocycles. The fourth-order valence-corrected chi connectivity index (χ4v) is 3.97. The molecule has 0 radical (unpaired) electrons. The fraction of sp³-hybridized carbons (Fsp3) is 0.235. The molecule has 0 saturated carbocycles. The van der Waals surface area contributed by atoms with E-state index in [0.29, 0.717) is 16.5 Å². The summed E-state index contributed by atoms with van der Waals surface area (Å²) < 4.78 is 0.239. The highest BCUT2D eigenvalue weighted by atomic mass is 32.1. The second-order valence-electron chi connectivity index (χ2n) is 5.73. The number of hydrogen-bond acceptors (Lipinski definition) is 4. The number of nitrogens with one attached hydrogen (secondary N) is 3. The molecule has 0 unspecified atom stereocenters. The van der Waals surface area contributed by atoms with Crippen LogP contribution >= 0.6 is 23.6 Å². The maximum absolute atomic E-state index is 12.5. The number of fused-ring (bicyclic) bond motifs is 1. The molecule has 0 aliphatic carbocycles. The summed E-state index contributed by atoms with van der Waals surface area (Å²) in [5.41, 5.74) is 1.89. The average Bonchev–Trinajstić information content (AvgIpc) is 2.85. The van der Waals surface area contributed by atoms with Crippen LogP contribution in [0.15, 0.2) is 29.1 Å². The minimum absolute atomic E-state index is 0.0872. The standard InChI is InChI=1S/C17H17N3O2S2/c1-8-6-13(10(3)24-8)9(2)18-15(21)11-4-5-12-14(7-11)19-17(23)20-16(12)22/h4-7,9H,1-3H3,(H,18,21)(H2,19,20,22,23)/t9-/m1/s1. The van der Waals surface area contributed by atoms with E-state index >= 15 is 0 Å². The van der Waals surface area contributed by atoms with Crippen LogP contribution in [0.4, 0.5) is 0 Å². The van der Waals surface area contributed by atoms with Crippen molar-refractivity contribution in [2.45, 2.75) is 26.8 Å². The Morgan fingerprint density at radius 3 is 2.67 bits per heavy atom. The second-order valence-corrected chi connectivity index (χ2v) is 7.60. The van der Waals surface area contributed by atoms with Crippen LogP contribution in [-0.2, 0) is 0 Å². The highest BCUT2D eigenvalue weighted by Crippen LogP contribution is 2.26. The van der Waals surface area contributed by atoms with E-state index in [1.165, 1.54) is 9.75 Å². The first-order chi connectivity index (χ1) is 11.3. The van der Waals surface area contributed by atoms with Gasteiger partial charge in [-0.1, -0.05) is 0 Å². The molecule has 1 amide bonds. The SMILES string of the molecule is Cc1cc([C@@H](C)NC(=O)c2ccc3c(=O)[nH]c(=S)[nH]c3c2)c(C)s1. The van der Waals surface area contributed by atoms with E-state index in [-0.39, 0.29) is 22.3 Å². The summed E-state index contributed by atoms with van der Waals surface area (Å²) in [5.74, 6) is -0.188. The summed E-state index contributed by atoms with van der Waals surface area (Å²) >= 11 is 6.70. The summed E-state index contributed by atoms with van der Waals surface area (Å²) in [5, 5.41) is 3.47. The van der Waals surface area contributed by atoms with Crippen LogP contribution in [0, 0.1) is 18.6 Å². The Bertz CT molecular complexity index is 1050. The molecular formula is C17H17N3O2S2. The van der Waals surface area contributed by atoms with E-state index in [1.54, 1.807) is 29.5 Å². The first kappa shape index (κ1) is 16.6. The molecule has 1 aromatic carbocycles. The number of carbonyl (C=O) groups excluding carboxylic acids is 1. The predicted octanol–water partition coefficient (Wildman–Crippen LogP) is 3.76. The van der Waals surface area contributed by atoms with Crippen LogP contribution in [0.3, 0.4) is 0 Å². The van der Waals surface area contributed by atoms with Gasteiger partial charge in [0.05, 0.1) is 16.9 Å². The molecular weight excluding hydrogens is 342 g/mol. The number of hydrogen-bond donors (Lipinski definition) is 3. The van der Waals surface area contributed by atoms with Gasteiger partial charge in [0.25, 0.3) is 11.5 Å². The summed E-state index contributed by atoms with van der Waals surface area (Å²) in [4.78, 5) is 32.2. The van der Waals surface area contributed by atoms with Gasteiger partial charge in [-0.2, -0.15) is 0 Å². The Morgan fingerprint density at radius 1 is 1.25 bits per heavy atom. The molecule has 2 heterocycles. The van der Waals surface area contributed by atoms with Gasteiger partial charge in [0.1, 0.15) is 0 Å². The molecule has 0 saturated heterocycles. The molecule has 1 atom stereocenters. The van der Waals surface area contributed by atoms with E-state index < -0.39 is 0 Å². The van der Waals surface area contributed by atoms with Crippen molar-refractivity contribution in [3.63, 3.8) is 0 Å². The lowest BCUT2D eigenvalue weighted by Crippen LogP contribution is -2.26. The molecule has 3 N–H and O–H groups in total. The van der Waals surface area contributed by atoms with Gasteiger partial charge in [-0.05, 0) is 62.8 Å². The number of H-pyrrole nitrogens is 2. The zero-order chi connectivity index (χ0) is 17.4. The van der Waals surface area contributed by atoms with E-state index in [0.717, 1.165) is 5.56 Å². The normalized spacial score (nSPS) is 12.3. The number of rotatable bonds is 3. The summed E-state index contributed by atoms with van der Waals surface area (Å²) in [6, 6.07) is 6.92. The second kappa shape index (κ2) is 6.33. The zero-order valence-electron chi connectivity index (χ0n) is 13.5. The van der Waals surface area contributed by atoms with Crippen LogP contribution in [0.1, 0.15) is 38.6 Å². The minimum Gasteiger partial charge on any atom is -0.345 e. The number of amides is 1. The lowest BCUT2D eigenvalue weighted by Gasteiger charge is -2.14. The Morgan fingerprint density at radius 2 is 2.00 bits per heavy atom. The summed E-state index contributed by atoms with van der Waals surface area (Å²) in [6.07, 6.45) is 0. The number of aromatic nitrogens is 2. The number of aromatic amines is 2. The fourth-order valence-electron chi connectivity index (χ4n) is 2.75. The lowest BCUT2D eigenvalue weighted by molar-refractivity contribution is 0.0940. The van der Waals surface area contributed by atoms with Gasteiger partial charge in [0.15, 0.2) is 4.77 Å². The van der Waals surface area contributed by atoms with Crippen molar-refractivity contribution in [3.05, 3.63) is 60.3 Å². The van der Waals surface area contributed by atoms with Crippen LogP contribution in [0.25, 0.3) is 10.9 Å². The van der Waals surface area contributed by atoms with Gasteiger partial charge < -0.3 is 10.3 Å². The van der Waals surface area contributed by atoms with Crippen LogP contribution in [-0.4, -0.2) is 15.9 Å². The molecule has 5 nitrogen and oxygen atoms in total. The molecule has 3 rings (SSSR count). The summed E-state index contributed by atoms with van der Waals surface area (Å²) in [7, 11) is 0.